The van der Waals surface area contributed by atoms with Crippen molar-refractivity contribution in [3.05, 3.63) is 60.2 Å². The molecule has 1 aliphatic rings. The van der Waals surface area contributed by atoms with Gasteiger partial charge in [-0.15, -0.1) is 0 Å². The summed E-state index contributed by atoms with van der Waals surface area (Å²) >= 11 is 0. The van der Waals surface area contributed by atoms with Gasteiger partial charge in [-0.2, -0.15) is 0 Å². The predicted octanol–water partition coefficient (Wildman–Crippen LogP) is 6.44. The molecule has 6 nitrogen and oxygen atoms in total. The largest absolute Gasteiger partial charge is 0.415 e. The van der Waals surface area contributed by atoms with Gasteiger partial charge in [-0.05, 0) is 67.2 Å². The Hall–Kier alpha value is -3.02. The average Bonchev–Trinajstić information content (AvgIpc) is 2.77. The first-order valence-electron chi connectivity index (χ1n) is 12.2. The number of hydrogen-bond acceptors (Lipinski definition) is 4. The Bertz CT molecular complexity index is 975. The third-order valence-electron chi connectivity index (χ3n) is 6.48. The van der Waals surface area contributed by atoms with E-state index in [2.05, 4.69) is 26.1 Å². The molecule has 1 saturated carbocycles. The van der Waals surface area contributed by atoms with Crippen molar-refractivity contribution in [2.45, 2.75) is 66.3 Å². The second-order valence-corrected chi connectivity index (χ2v) is 10.4. The van der Waals surface area contributed by atoms with Crippen LogP contribution in [0.25, 0.3) is 0 Å². The van der Waals surface area contributed by atoms with Crippen molar-refractivity contribution < 1.29 is 19.1 Å². The van der Waals surface area contributed by atoms with Crippen LogP contribution in [0.5, 0.6) is 11.5 Å². The summed E-state index contributed by atoms with van der Waals surface area (Å²) in [7, 11) is 0. The Kier molecular flexibility index (Phi) is 8.24. The van der Waals surface area contributed by atoms with Crippen LogP contribution < -0.4 is 14.8 Å². The smallest absolute Gasteiger partial charge is 0.410 e. The molecule has 0 aliphatic heterocycles. The molecule has 0 saturated heterocycles. The molecule has 0 bridgehead atoms. The van der Waals surface area contributed by atoms with Gasteiger partial charge >= 0.3 is 12.2 Å². The number of para-hydroxylation sites is 2. The Morgan fingerprint density at radius 2 is 1.65 bits per heavy atom. The molecule has 6 heteroatoms. The van der Waals surface area contributed by atoms with E-state index in [-0.39, 0.29) is 23.0 Å². The van der Waals surface area contributed by atoms with Crippen LogP contribution in [0, 0.1) is 10.8 Å². The fourth-order valence-electron chi connectivity index (χ4n) is 5.47. The minimum absolute atomic E-state index is 0.00895. The van der Waals surface area contributed by atoms with E-state index in [0.29, 0.717) is 24.6 Å². The molecule has 0 radical (unpaired) electrons. The van der Waals surface area contributed by atoms with Crippen LogP contribution in [0.15, 0.2) is 54.6 Å². The summed E-state index contributed by atoms with van der Waals surface area (Å²) in [5.41, 5.74) is 0.837. The molecule has 2 atom stereocenters. The number of hydrogen-bond donors (Lipinski definition) is 1. The first-order chi connectivity index (χ1) is 16.1. The van der Waals surface area contributed by atoms with Gasteiger partial charge in [0.2, 0.25) is 0 Å². The van der Waals surface area contributed by atoms with Crippen LogP contribution in [-0.4, -0.2) is 36.2 Å². The van der Waals surface area contributed by atoms with Crippen molar-refractivity contribution in [2.24, 2.45) is 10.8 Å². The number of nitrogens with zero attached hydrogens (tertiary/aromatic N) is 1. The summed E-state index contributed by atoms with van der Waals surface area (Å²) in [6.45, 7) is 11.7. The summed E-state index contributed by atoms with van der Waals surface area (Å²) in [5, 5.41) is 3.09. The number of nitrogens with one attached hydrogen (secondary N) is 1. The van der Waals surface area contributed by atoms with E-state index in [0.717, 1.165) is 31.2 Å². The first-order valence-corrected chi connectivity index (χ1v) is 12.2. The third-order valence-corrected chi connectivity index (χ3v) is 6.48. The van der Waals surface area contributed by atoms with E-state index < -0.39 is 6.09 Å². The second-order valence-electron chi connectivity index (χ2n) is 10.4. The van der Waals surface area contributed by atoms with Gasteiger partial charge in [0.1, 0.15) is 11.5 Å². The van der Waals surface area contributed by atoms with Gasteiger partial charge in [0.15, 0.2) is 0 Å². The monoisotopic (exact) mass is 466 g/mol. The first kappa shape index (κ1) is 25.6. The highest BCUT2D eigenvalue weighted by Gasteiger charge is 2.43. The van der Waals surface area contributed by atoms with Gasteiger partial charge in [0.05, 0.1) is 0 Å². The number of ether oxygens (including phenoxy) is 2. The molecule has 2 unspecified atom stereocenters. The fraction of sp³-hybridized carbons (Fsp3) is 0.500. The van der Waals surface area contributed by atoms with Gasteiger partial charge in [-0.3, -0.25) is 0 Å². The number of carbonyl (C=O) groups excluding carboxylic acids is 2. The maximum Gasteiger partial charge on any atom is 0.415 e. The molecule has 2 amide bonds. The highest BCUT2D eigenvalue weighted by atomic mass is 16.6. The number of amides is 2. The van der Waals surface area contributed by atoms with E-state index >= 15 is 0 Å². The van der Waals surface area contributed by atoms with Crippen LogP contribution >= 0.6 is 0 Å². The van der Waals surface area contributed by atoms with Crippen molar-refractivity contribution in [1.29, 1.82) is 0 Å². The van der Waals surface area contributed by atoms with Crippen molar-refractivity contribution in [2.75, 3.05) is 13.1 Å². The molecule has 1 N–H and O–H groups in total. The Morgan fingerprint density at radius 1 is 0.971 bits per heavy atom. The lowest BCUT2D eigenvalue weighted by atomic mass is 9.62. The molecular formula is C28H38N2O4. The molecule has 1 fully saturated rings. The zero-order valence-corrected chi connectivity index (χ0v) is 21.1. The highest BCUT2D eigenvalue weighted by Crippen LogP contribution is 2.46. The average molecular weight is 467 g/mol. The molecule has 1 aliphatic carbocycles. The van der Waals surface area contributed by atoms with E-state index in [1.807, 2.05) is 56.3 Å². The molecule has 3 rings (SSSR count). The molecule has 0 spiro atoms. The van der Waals surface area contributed by atoms with Crippen LogP contribution in [0.1, 0.15) is 59.4 Å². The molecule has 0 aromatic heterocycles. The number of aryl methyl sites for hydroxylation is 1. The van der Waals surface area contributed by atoms with E-state index in [1.165, 1.54) is 0 Å². The van der Waals surface area contributed by atoms with Gasteiger partial charge in [0.25, 0.3) is 0 Å². The number of rotatable bonds is 7. The van der Waals surface area contributed by atoms with Crippen LogP contribution in [0.2, 0.25) is 0 Å². The molecule has 184 valence electrons. The standard InChI is InChI=1S/C28H38N2O4/c1-6-21-13-11-12-16-24(21)34-25(31)29-22-17-27(3,4)19-28(5,18-22)20-30(7-2)26(32)33-23-14-9-8-10-15-23/h8-16,22H,6-7,17-20H2,1-5H3,(H,29,31). The number of carbonyl (C=O) groups is 2. The summed E-state index contributed by atoms with van der Waals surface area (Å²) in [6.07, 6.45) is 2.58. The zero-order valence-electron chi connectivity index (χ0n) is 21.1. The normalized spacial score (nSPS) is 21.4. The van der Waals surface area contributed by atoms with Gasteiger partial charge in [0, 0.05) is 19.1 Å². The van der Waals surface area contributed by atoms with Crippen LogP contribution in [-0.2, 0) is 6.42 Å². The van der Waals surface area contributed by atoms with E-state index in [9.17, 15) is 9.59 Å². The molecule has 2 aromatic carbocycles. The molecule has 2 aromatic rings. The van der Waals surface area contributed by atoms with Crippen molar-refractivity contribution >= 4 is 12.2 Å². The molecule has 0 heterocycles. The van der Waals surface area contributed by atoms with Gasteiger partial charge in [-0.1, -0.05) is 64.1 Å². The predicted molar refractivity (Wildman–Crippen MR) is 134 cm³/mol. The summed E-state index contributed by atoms with van der Waals surface area (Å²) in [6, 6.07) is 16.7. The summed E-state index contributed by atoms with van der Waals surface area (Å²) < 4.78 is 11.2. The van der Waals surface area contributed by atoms with Gasteiger partial charge < -0.3 is 19.7 Å². The van der Waals surface area contributed by atoms with Crippen molar-refractivity contribution in [3.63, 3.8) is 0 Å². The highest BCUT2D eigenvalue weighted by molar-refractivity contribution is 5.71. The Balaban J connectivity index is 1.66. The minimum atomic E-state index is -0.429. The molecular weight excluding hydrogens is 428 g/mol. The van der Waals surface area contributed by atoms with Crippen LogP contribution in [0.3, 0.4) is 0 Å². The lowest BCUT2D eigenvalue weighted by Gasteiger charge is -2.48. The fourth-order valence-corrected chi connectivity index (χ4v) is 5.47. The summed E-state index contributed by atoms with van der Waals surface area (Å²) in [5.74, 6) is 1.14. The second kappa shape index (κ2) is 10.9. The lowest BCUT2D eigenvalue weighted by molar-refractivity contribution is 0.0410. The quantitative estimate of drug-likeness (QED) is 0.510. The Morgan fingerprint density at radius 3 is 2.32 bits per heavy atom. The summed E-state index contributed by atoms with van der Waals surface area (Å²) in [4.78, 5) is 27.4. The minimum Gasteiger partial charge on any atom is -0.410 e. The Labute approximate surface area is 203 Å². The van der Waals surface area contributed by atoms with Crippen molar-refractivity contribution in [3.8, 4) is 11.5 Å². The zero-order chi connectivity index (χ0) is 24.8. The van der Waals surface area contributed by atoms with Crippen molar-refractivity contribution in [1.82, 2.24) is 10.2 Å². The SMILES string of the molecule is CCc1ccccc1OC(=O)NC1CC(C)(C)CC(C)(CN(CC)C(=O)Oc2ccccc2)C1. The lowest BCUT2D eigenvalue weighted by Crippen LogP contribution is -2.52. The maximum atomic E-state index is 12.9. The van der Waals surface area contributed by atoms with Crippen LogP contribution in [0.4, 0.5) is 9.59 Å². The third kappa shape index (κ3) is 6.99. The topological polar surface area (TPSA) is 67.9 Å². The number of benzene rings is 2. The maximum absolute atomic E-state index is 12.9. The molecule has 34 heavy (non-hydrogen) atoms. The van der Waals surface area contributed by atoms with E-state index in [1.54, 1.807) is 17.0 Å². The van der Waals surface area contributed by atoms with E-state index in [4.69, 9.17) is 9.47 Å². The van der Waals surface area contributed by atoms with Gasteiger partial charge in [-0.25, -0.2) is 9.59 Å².